The molecule has 0 amide bonds. The molecule has 1 saturated heterocycles. The van der Waals surface area contributed by atoms with Gasteiger partial charge in [-0.25, -0.2) is 0 Å². The van der Waals surface area contributed by atoms with Gasteiger partial charge in [0.1, 0.15) is 12.4 Å². The molecule has 0 bridgehead atoms. The van der Waals surface area contributed by atoms with E-state index < -0.39 is 0 Å². The number of hydrogen-bond donors (Lipinski definition) is 0. The quantitative estimate of drug-likeness (QED) is 0.687. The van der Waals surface area contributed by atoms with Crippen LogP contribution in [0.25, 0.3) is 0 Å². The Morgan fingerprint density at radius 3 is 2.39 bits per heavy atom. The van der Waals surface area contributed by atoms with Gasteiger partial charge in [-0.05, 0) is 62.9 Å². The number of nitrogens with zero attached hydrogens (tertiary/aromatic N) is 6. The van der Waals surface area contributed by atoms with E-state index in [1.54, 1.807) is 11.1 Å². The number of aromatic nitrogens is 5. The van der Waals surface area contributed by atoms with Gasteiger partial charge in [0.15, 0.2) is 5.82 Å². The summed E-state index contributed by atoms with van der Waals surface area (Å²) in [4.78, 5) is 2.70. The van der Waals surface area contributed by atoms with Crippen molar-refractivity contribution in [1.82, 2.24) is 29.4 Å². The molecule has 6 heteroatoms. The highest BCUT2D eigenvalue weighted by atomic mass is 15.3. The van der Waals surface area contributed by atoms with Crippen LogP contribution in [0.5, 0.6) is 0 Å². The van der Waals surface area contributed by atoms with Crippen LogP contribution in [-0.4, -0.2) is 48.6 Å². The third kappa shape index (κ3) is 3.26. The normalized spacial score (nSPS) is 18.6. The predicted molar refractivity (Wildman–Crippen MR) is 108 cm³/mol. The Balaban J connectivity index is 1.24. The van der Waals surface area contributed by atoms with Gasteiger partial charge in [-0.2, -0.15) is 5.10 Å². The molecule has 1 aromatic carbocycles. The second-order valence-electron chi connectivity index (χ2n) is 8.06. The van der Waals surface area contributed by atoms with Crippen molar-refractivity contribution in [3.63, 3.8) is 0 Å². The average molecular weight is 377 g/mol. The smallest absolute Gasteiger partial charge is 0.154 e. The molecule has 1 aliphatic carbocycles. The Bertz CT molecular complexity index is 895. The maximum Gasteiger partial charge on any atom is 0.154 e. The lowest BCUT2D eigenvalue weighted by Gasteiger charge is -2.35. The van der Waals surface area contributed by atoms with Gasteiger partial charge in [-0.15, -0.1) is 10.2 Å². The second-order valence-corrected chi connectivity index (χ2v) is 8.06. The molecule has 0 N–H and O–H groups in total. The monoisotopic (exact) mass is 376 g/mol. The van der Waals surface area contributed by atoms with Crippen molar-refractivity contribution in [3.05, 3.63) is 65.5 Å². The van der Waals surface area contributed by atoms with E-state index in [1.165, 1.54) is 31.5 Å². The fourth-order valence-electron chi connectivity index (χ4n) is 4.97. The highest BCUT2D eigenvalue weighted by Gasteiger charge is 2.32. The molecule has 2 aromatic heterocycles. The molecule has 0 unspecified atom stereocenters. The molecule has 1 fully saturated rings. The Labute approximate surface area is 166 Å². The third-order valence-electron chi connectivity index (χ3n) is 6.48. The molecule has 28 heavy (non-hydrogen) atoms. The molecule has 3 aromatic rings. The van der Waals surface area contributed by atoms with Gasteiger partial charge in [0.25, 0.3) is 0 Å². The van der Waals surface area contributed by atoms with Crippen molar-refractivity contribution in [3.8, 4) is 0 Å². The topological polar surface area (TPSA) is 51.8 Å². The van der Waals surface area contributed by atoms with Crippen LogP contribution < -0.4 is 0 Å². The minimum absolute atomic E-state index is 0.513. The highest BCUT2D eigenvalue weighted by Crippen LogP contribution is 2.32. The molecule has 0 saturated carbocycles. The van der Waals surface area contributed by atoms with E-state index in [4.69, 9.17) is 0 Å². The number of benzene rings is 1. The van der Waals surface area contributed by atoms with Gasteiger partial charge in [0.05, 0.1) is 0 Å². The second kappa shape index (κ2) is 7.51. The van der Waals surface area contributed by atoms with Crippen LogP contribution in [0.3, 0.4) is 0 Å². The van der Waals surface area contributed by atoms with E-state index in [0.29, 0.717) is 18.5 Å². The lowest BCUT2D eigenvalue weighted by atomic mass is 9.94. The van der Waals surface area contributed by atoms with Crippen molar-refractivity contribution in [2.24, 2.45) is 0 Å². The largest absolute Gasteiger partial charge is 0.313 e. The lowest BCUT2D eigenvalue weighted by Crippen LogP contribution is -2.41. The Kier molecular flexibility index (Phi) is 4.72. The van der Waals surface area contributed by atoms with Crippen molar-refractivity contribution < 1.29 is 0 Å². The molecule has 146 valence electrons. The van der Waals surface area contributed by atoms with Crippen LogP contribution in [0.15, 0.2) is 42.7 Å². The third-order valence-corrected chi connectivity index (χ3v) is 6.48. The summed E-state index contributed by atoms with van der Waals surface area (Å²) < 4.78 is 4.22. The Morgan fingerprint density at radius 2 is 1.75 bits per heavy atom. The summed E-state index contributed by atoms with van der Waals surface area (Å²) in [6, 6.07) is 11.6. The zero-order valence-corrected chi connectivity index (χ0v) is 16.5. The Morgan fingerprint density at radius 1 is 1.00 bits per heavy atom. The van der Waals surface area contributed by atoms with E-state index in [-0.39, 0.29) is 0 Å². The first kappa shape index (κ1) is 17.6. The molecule has 3 heterocycles. The van der Waals surface area contributed by atoms with E-state index in [1.807, 2.05) is 23.1 Å². The fraction of sp³-hybridized carbons (Fsp3) is 0.500. The number of likely N-dealkylation sites (tertiary alicyclic amines) is 1. The molecule has 6 nitrogen and oxygen atoms in total. The highest BCUT2D eigenvalue weighted by molar-refractivity contribution is 5.33. The predicted octanol–water partition coefficient (Wildman–Crippen LogP) is 2.89. The number of fused-ring (bicyclic) bond motifs is 1. The van der Waals surface area contributed by atoms with Crippen LogP contribution in [0.2, 0.25) is 0 Å². The van der Waals surface area contributed by atoms with E-state index >= 15 is 0 Å². The maximum atomic E-state index is 4.60. The fourth-order valence-corrected chi connectivity index (χ4v) is 4.97. The van der Waals surface area contributed by atoms with E-state index in [2.05, 4.69) is 56.0 Å². The standard InChI is InChI=1S/C22H28N6/c1-2-28-21(16-27-11-5-10-23-27)24-25-22(28)17-8-12-26(13-9-17)20-14-18-6-3-4-7-19(18)15-20/h3-7,10-11,17,20H,2,8-9,12-16H2,1H3. The first-order valence-corrected chi connectivity index (χ1v) is 10.5. The summed E-state index contributed by atoms with van der Waals surface area (Å²) in [5.74, 6) is 2.69. The lowest BCUT2D eigenvalue weighted by molar-refractivity contribution is 0.153. The van der Waals surface area contributed by atoms with Crippen LogP contribution in [0.1, 0.15) is 48.5 Å². The van der Waals surface area contributed by atoms with Crippen LogP contribution in [0.4, 0.5) is 0 Å². The maximum absolute atomic E-state index is 4.60. The van der Waals surface area contributed by atoms with Gasteiger partial charge in [0.2, 0.25) is 0 Å². The zero-order chi connectivity index (χ0) is 18.9. The number of piperidine rings is 1. The van der Waals surface area contributed by atoms with Crippen molar-refractivity contribution in [2.75, 3.05) is 13.1 Å². The van der Waals surface area contributed by atoms with Gasteiger partial charge in [-0.3, -0.25) is 9.58 Å². The summed E-state index contributed by atoms with van der Waals surface area (Å²) in [5.41, 5.74) is 3.09. The minimum Gasteiger partial charge on any atom is -0.313 e. The first-order chi connectivity index (χ1) is 13.8. The molecular formula is C22H28N6. The first-order valence-electron chi connectivity index (χ1n) is 10.5. The molecule has 2 aliphatic rings. The zero-order valence-electron chi connectivity index (χ0n) is 16.5. The number of rotatable bonds is 5. The Hall–Kier alpha value is -2.47. The van der Waals surface area contributed by atoms with E-state index in [9.17, 15) is 0 Å². The molecule has 0 spiro atoms. The van der Waals surface area contributed by atoms with Gasteiger partial charge in [0, 0.05) is 30.9 Å². The molecule has 0 radical (unpaired) electrons. The molecule has 0 atom stereocenters. The summed E-state index contributed by atoms with van der Waals surface area (Å²) in [5, 5.41) is 13.4. The summed E-state index contributed by atoms with van der Waals surface area (Å²) in [6.07, 6.45) is 8.55. The van der Waals surface area contributed by atoms with Crippen molar-refractivity contribution >= 4 is 0 Å². The molecule has 1 aliphatic heterocycles. The molecular weight excluding hydrogens is 348 g/mol. The van der Waals surface area contributed by atoms with Gasteiger partial charge >= 0.3 is 0 Å². The van der Waals surface area contributed by atoms with Crippen LogP contribution >= 0.6 is 0 Å². The van der Waals surface area contributed by atoms with E-state index in [0.717, 1.165) is 25.5 Å². The summed E-state index contributed by atoms with van der Waals surface area (Å²) >= 11 is 0. The summed E-state index contributed by atoms with van der Waals surface area (Å²) in [7, 11) is 0. The van der Waals surface area contributed by atoms with Gasteiger partial charge in [-0.1, -0.05) is 24.3 Å². The number of hydrogen-bond acceptors (Lipinski definition) is 4. The molecule has 5 rings (SSSR count). The van der Waals surface area contributed by atoms with Crippen LogP contribution in [0, 0.1) is 0 Å². The summed E-state index contributed by atoms with van der Waals surface area (Å²) in [6.45, 7) is 6.11. The SMILES string of the molecule is CCn1c(Cn2cccn2)nnc1C1CCN(C2Cc3ccccc3C2)CC1. The van der Waals surface area contributed by atoms with Crippen molar-refractivity contribution in [1.29, 1.82) is 0 Å². The average Bonchev–Trinajstić information content (AvgIpc) is 3.48. The minimum atomic E-state index is 0.513. The van der Waals surface area contributed by atoms with Gasteiger partial charge < -0.3 is 4.57 Å². The van der Waals surface area contributed by atoms with Crippen molar-refractivity contribution in [2.45, 2.75) is 57.7 Å². The van der Waals surface area contributed by atoms with Crippen LogP contribution in [-0.2, 0) is 25.9 Å².